The summed E-state index contributed by atoms with van der Waals surface area (Å²) < 4.78 is 28.4. The van der Waals surface area contributed by atoms with Gasteiger partial charge in [0.2, 0.25) is 5.91 Å². The van der Waals surface area contributed by atoms with Gasteiger partial charge >= 0.3 is 0 Å². The molecule has 0 radical (unpaired) electrons. The van der Waals surface area contributed by atoms with Crippen LogP contribution in [0, 0.1) is 5.41 Å². The Hall–Kier alpha value is -3.66. The molecule has 2 aliphatic heterocycles. The topological polar surface area (TPSA) is 90.0 Å². The van der Waals surface area contributed by atoms with Crippen LogP contribution in [-0.4, -0.2) is 64.9 Å². The van der Waals surface area contributed by atoms with E-state index in [1.54, 1.807) is 42.3 Å². The molecule has 3 aromatic rings. The van der Waals surface area contributed by atoms with Gasteiger partial charge in [0.1, 0.15) is 0 Å². The number of piperazine rings is 1. The number of aryl methyl sites for hydroxylation is 1. The van der Waals surface area contributed by atoms with Crippen molar-refractivity contribution in [2.45, 2.75) is 50.8 Å². The zero-order valence-corrected chi connectivity index (χ0v) is 28.3. The minimum Gasteiger partial charge on any atom is -0.369 e. The molecule has 242 valence electrons. The fraction of sp³-hybridized carbons (Fsp3) is 0.389. The van der Waals surface area contributed by atoms with Crippen LogP contribution in [0.3, 0.4) is 0 Å². The van der Waals surface area contributed by atoms with Gasteiger partial charge in [0.25, 0.3) is 15.9 Å². The minimum absolute atomic E-state index is 0.0164. The summed E-state index contributed by atoms with van der Waals surface area (Å²) in [5, 5.41) is 0.756. The third-order valence-electron chi connectivity index (χ3n) is 9.59. The lowest BCUT2D eigenvalue weighted by atomic mass is 9.72. The molecule has 46 heavy (non-hydrogen) atoms. The Labute approximate surface area is 277 Å². The number of amides is 2. The van der Waals surface area contributed by atoms with Crippen molar-refractivity contribution in [3.05, 3.63) is 94.0 Å². The lowest BCUT2D eigenvalue weighted by molar-refractivity contribution is -0.118. The smallest absolute Gasteiger partial charge is 0.265 e. The first kappa shape index (κ1) is 32.3. The fourth-order valence-electron chi connectivity index (χ4n) is 6.77. The Morgan fingerprint density at radius 2 is 1.61 bits per heavy atom. The van der Waals surface area contributed by atoms with Gasteiger partial charge in [-0.25, -0.2) is 13.1 Å². The highest BCUT2D eigenvalue weighted by Crippen LogP contribution is 2.43. The van der Waals surface area contributed by atoms with Crippen LogP contribution in [0.5, 0.6) is 0 Å². The molecule has 0 bridgehead atoms. The number of nitrogens with zero attached hydrogens (tertiary/aromatic N) is 3. The highest BCUT2D eigenvalue weighted by atomic mass is 35.5. The van der Waals surface area contributed by atoms with Crippen molar-refractivity contribution < 1.29 is 18.0 Å². The van der Waals surface area contributed by atoms with Crippen molar-refractivity contribution in [1.29, 1.82) is 0 Å². The summed E-state index contributed by atoms with van der Waals surface area (Å²) in [7, 11) is -2.37. The van der Waals surface area contributed by atoms with Crippen LogP contribution in [0.2, 0.25) is 5.02 Å². The van der Waals surface area contributed by atoms with Gasteiger partial charge < -0.3 is 9.80 Å². The molecule has 0 unspecified atom stereocenters. The number of carbonyl (C=O) groups excluding carboxylic acids is 2. The lowest BCUT2D eigenvalue weighted by Gasteiger charge is -2.39. The van der Waals surface area contributed by atoms with Gasteiger partial charge in [-0.2, -0.15) is 0 Å². The quantitative estimate of drug-likeness (QED) is 0.327. The lowest BCUT2D eigenvalue weighted by Crippen LogP contribution is -2.47. The predicted octanol–water partition coefficient (Wildman–Crippen LogP) is 6.15. The van der Waals surface area contributed by atoms with Crippen LogP contribution in [0.15, 0.2) is 77.2 Å². The van der Waals surface area contributed by atoms with Gasteiger partial charge in [0.15, 0.2) is 0 Å². The maximum Gasteiger partial charge on any atom is 0.265 e. The zero-order chi connectivity index (χ0) is 32.6. The van der Waals surface area contributed by atoms with E-state index in [-0.39, 0.29) is 21.8 Å². The molecule has 1 aliphatic carbocycles. The van der Waals surface area contributed by atoms with E-state index < -0.39 is 15.9 Å². The molecular formula is C36H41ClN4O4S. The summed E-state index contributed by atoms with van der Waals surface area (Å²) in [6.07, 6.45) is 4.22. The summed E-state index contributed by atoms with van der Waals surface area (Å²) in [6, 6.07) is 19.9. The first-order valence-corrected chi connectivity index (χ1v) is 17.8. The highest BCUT2D eigenvalue weighted by Gasteiger charge is 2.30. The summed E-state index contributed by atoms with van der Waals surface area (Å²) in [6.45, 7) is 9.18. The van der Waals surface area contributed by atoms with Gasteiger partial charge in [-0.3, -0.25) is 14.5 Å². The van der Waals surface area contributed by atoms with Crippen LogP contribution >= 0.6 is 11.6 Å². The van der Waals surface area contributed by atoms with Crippen LogP contribution in [-0.2, 0) is 21.2 Å². The number of carbonyl (C=O) groups is 2. The maximum absolute atomic E-state index is 13.1. The van der Waals surface area contributed by atoms with Crippen LogP contribution in [0.4, 0.5) is 11.4 Å². The number of allylic oxidation sites excluding steroid dienone is 1. The number of halogens is 1. The molecule has 1 saturated heterocycles. The molecule has 1 N–H and O–H groups in total. The van der Waals surface area contributed by atoms with E-state index in [9.17, 15) is 18.0 Å². The summed E-state index contributed by atoms with van der Waals surface area (Å²) in [4.78, 5) is 31.3. The third kappa shape index (κ3) is 7.01. The van der Waals surface area contributed by atoms with Crippen molar-refractivity contribution in [3.8, 4) is 0 Å². The van der Waals surface area contributed by atoms with Crippen molar-refractivity contribution in [3.63, 3.8) is 0 Å². The molecule has 0 spiro atoms. The molecule has 2 amide bonds. The summed E-state index contributed by atoms with van der Waals surface area (Å²) in [5.74, 6) is -0.679. The Balaban J connectivity index is 1.07. The van der Waals surface area contributed by atoms with Crippen molar-refractivity contribution in [2.75, 3.05) is 49.6 Å². The fourth-order valence-corrected chi connectivity index (χ4v) is 7.87. The highest BCUT2D eigenvalue weighted by molar-refractivity contribution is 7.90. The number of benzene rings is 3. The van der Waals surface area contributed by atoms with E-state index in [0.29, 0.717) is 12.8 Å². The number of rotatable bonds is 7. The average molecular weight is 661 g/mol. The molecule has 8 nitrogen and oxygen atoms in total. The van der Waals surface area contributed by atoms with E-state index in [0.717, 1.165) is 67.5 Å². The number of anilines is 2. The summed E-state index contributed by atoms with van der Waals surface area (Å²) in [5.41, 5.74) is 7.31. The van der Waals surface area contributed by atoms with E-state index >= 15 is 0 Å². The zero-order valence-electron chi connectivity index (χ0n) is 26.7. The van der Waals surface area contributed by atoms with Crippen molar-refractivity contribution in [1.82, 2.24) is 9.62 Å². The van der Waals surface area contributed by atoms with Crippen molar-refractivity contribution in [2.24, 2.45) is 5.41 Å². The first-order chi connectivity index (χ1) is 21.9. The molecule has 6 rings (SSSR count). The molecule has 0 saturated carbocycles. The Morgan fingerprint density at radius 3 is 2.30 bits per heavy atom. The molecular weight excluding hydrogens is 620 g/mol. The first-order valence-electron chi connectivity index (χ1n) is 15.9. The number of nitrogens with one attached hydrogen (secondary N) is 1. The van der Waals surface area contributed by atoms with Gasteiger partial charge in [-0.1, -0.05) is 43.2 Å². The minimum atomic E-state index is -4.06. The Morgan fingerprint density at radius 1 is 0.913 bits per heavy atom. The van der Waals surface area contributed by atoms with E-state index in [1.807, 2.05) is 24.3 Å². The monoisotopic (exact) mass is 660 g/mol. The Bertz CT molecular complexity index is 1780. The number of hydrogen-bond acceptors (Lipinski definition) is 6. The van der Waals surface area contributed by atoms with E-state index in [4.69, 9.17) is 11.6 Å². The standard InChI is InChI=1S/C36H41ClN4O4S/c1-36(2)17-16-28(32(23-36)25-4-8-29(37)9-5-25)24-40-18-20-41(21-19-40)30-10-12-31(13-11-30)46(44,45)38-35(43)27-6-14-33-26(22-27)7-15-34(42)39(33)3/h4-6,8-14,22H,7,15-21,23-24H2,1-3H3,(H,38,43). The number of hydrogen-bond donors (Lipinski definition) is 1. The van der Waals surface area contributed by atoms with Gasteiger partial charge in [0.05, 0.1) is 4.90 Å². The molecule has 3 aliphatic rings. The van der Waals surface area contributed by atoms with Gasteiger partial charge in [0, 0.05) is 68.2 Å². The molecule has 3 aromatic carbocycles. The molecule has 10 heteroatoms. The molecule has 0 atom stereocenters. The van der Waals surface area contributed by atoms with Gasteiger partial charge in [-0.15, -0.1) is 0 Å². The maximum atomic E-state index is 13.1. The number of sulfonamides is 1. The number of fused-ring (bicyclic) bond motifs is 1. The molecule has 0 aromatic heterocycles. The predicted molar refractivity (Wildman–Crippen MR) is 184 cm³/mol. The van der Waals surface area contributed by atoms with Crippen molar-refractivity contribution >= 4 is 50.4 Å². The largest absolute Gasteiger partial charge is 0.369 e. The average Bonchev–Trinajstić information content (AvgIpc) is 3.04. The van der Waals surface area contributed by atoms with Crippen LogP contribution in [0.1, 0.15) is 61.0 Å². The Kier molecular flexibility index (Phi) is 9.02. The molecule has 1 fully saturated rings. The van der Waals surface area contributed by atoms with E-state index in [2.05, 4.69) is 40.5 Å². The van der Waals surface area contributed by atoms with Gasteiger partial charge in [-0.05, 0) is 102 Å². The van der Waals surface area contributed by atoms with Crippen LogP contribution in [0.25, 0.3) is 5.57 Å². The van der Waals surface area contributed by atoms with Crippen LogP contribution < -0.4 is 14.5 Å². The third-order valence-corrected chi connectivity index (χ3v) is 11.2. The molecule has 2 heterocycles. The van der Waals surface area contributed by atoms with E-state index in [1.165, 1.54) is 23.1 Å². The second-order valence-electron chi connectivity index (χ2n) is 13.4. The SMILES string of the molecule is CN1C(=O)CCc2cc(C(=O)NS(=O)(=O)c3ccc(N4CCN(CC5=C(c6ccc(Cl)cc6)CC(C)(C)CC5)CC4)cc3)ccc21. The summed E-state index contributed by atoms with van der Waals surface area (Å²) >= 11 is 6.18. The normalized spacial score (nSPS) is 18.8. The second kappa shape index (κ2) is 12.9. The second-order valence-corrected chi connectivity index (χ2v) is 15.5.